The van der Waals surface area contributed by atoms with Crippen LogP contribution in [0.25, 0.3) is 0 Å². The third-order valence-electron chi connectivity index (χ3n) is 10.1. The third-order valence-corrected chi connectivity index (χ3v) is 10.1. The van der Waals surface area contributed by atoms with Gasteiger partial charge in [-0.2, -0.15) is 21.9 Å². The molecule has 0 bridgehead atoms. The van der Waals surface area contributed by atoms with Crippen molar-refractivity contribution in [3.63, 3.8) is 0 Å². The average molecular weight is 671 g/mol. The number of hydrogen-bond acceptors (Lipinski definition) is 1. The number of rotatable bonds is 14. The Morgan fingerprint density at radius 1 is 0.549 bits per heavy atom. The van der Waals surface area contributed by atoms with Crippen LogP contribution in [0, 0.1) is 0 Å². The molecule has 6 aromatic carbocycles. The lowest BCUT2D eigenvalue weighted by Gasteiger charge is -2.44. The number of nitrogens with one attached hydrogen (secondary N) is 1. The van der Waals surface area contributed by atoms with Crippen molar-refractivity contribution in [3.05, 3.63) is 205 Å². The zero-order valence-corrected chi connectivity index (χ0v) is 30.2. The molecule has 0 aliphatic carbocycles. The molecule has 4 heteroatoms. The highest BCUT2D eigenvalue weighted by Crippen LogP contribution is 2.20. The number of hydrogen-bond donors (Lipinski definition) is 1. The second-order valence-corrected chi connectivity index (χ2v) is 13.6. The maximum absolute atomic E-state index is 11.7. The van der Waals surface area contributed by atoms with Crippen LogP contribution in [-0.2, 0) is 17.9 Å². The van der Waals surface area contributed by atoms with E-state index in [0.717, 1.165) is 37.1 Å². The lowest BCUT2D eigenvalue weighted by Crippen LogP contribution is -2.74. The Bertz CT molecular complexity index is 1690. The van der Waals surface area contributed by atoms with E-state index >= 15 is 0 Å². The molecule has 0 saturated heterocycles. The molecule has 51 heavy (non-hydrogen) atoms. The molecule has 0 aliphatic heterocycles. The Morgan fingerprint density at radius 2 is 0.863 bits per heavy atom. The standard InChI is InChI=1S/C24H20B.C23H30N2O/c1-5-13-21(14-6-1)25(22-15-7-2-8-16-22,23-17-9-3-10-18-23)24-19-11-4-12-20-24;1-4-25(18-21-12-7-5-8-13-21,19-22-14-9-6-10-15-22)17-11-16-24-23(26)20(2)3/h1-20H;5-10,12-15H,2,4,11,16-19H2,1,3H3/q-1;/p+1. The lowest BCUT2D eigenvalue weighted by atomic mass is 9.13. The Morgan fingerprint density at radius 3 is 1.16 bits per heavy atom. The molecule has 6 rings (SSSR count). The van der Waals surface area contributed by atoms with E-state index in [1.165, 1.54) is 33.0 Å². The van der Waals surface area contributed by atoms with E-state index < -0.39 is 6.15 Å². The fourth-order valence-corrected chi connectivity index (χ4v) is 7.43. The van der Waals surface area contributed by atoms with Crippen molar-refractivity contribution in [2.24, 2.45) is 0 Å². The highest BCUT2D eigenvalue weighted by atomic mass is 16.1. The van der Waals surface area contributed by atoms with Crippen LogP contribution in [-0.4, -0.2) is 36.2 Å². The number of nitrogens with zero attached hydrogens (tertiary/aromatic N) is 1. The molecule has 3 nitrogen and oxygen atoms in total. The summed E-state index contributed by atoms with van der Waals surface area (Å²) >= 11 is 0. The monoisotopic (exact) mass is 670 g/mol. The molecule has 0 atom stereocenters. The van der Waals surface area contributed by atoms with E-state index in [0.29, 0.717) is 12.1 Å². The lowest BCUT2D eigenvalue weighted by molar-refractivity contribution is -0.952. The highest BCUT2D eigenvalue weighted by molar-refractivity contribution is 7.19. The Kier molecular flexibility index (Phi) is 13.4. The normalized spacial score (nSPS) is 11.2. The van der Waals surface area contributed by atoms with Crippen molar-refractivity contribution >= 4 is 33.9 Å². The zero-order chi connectivity index (χ0) is 35.8. The maximum Gasteiger partial charge on any atom is 0.246 e. The molecular weight excluding hydrogens is 619 g/mol. The first-order valence-corrected chi connectivity index (χ1v) is 18.2. The van der Waals surface area contributed by atoms with E-state index in [-0.39, 0.29) is 5.91 Å². The van der Waals surface area contributed by atoms with E-state index in [1.54, 1.807) is 6.92 Å². The van der Waals surface area contributed by atoms with Crippen LogP contribution >= 0.6 is 0 Å². The Labute approximate surface area is 305 Å². The minimum absolute atomic E-state index is 0.0503. The van der Waals surface area contributed by atoms with Gasteiger partial charge in [0.05, 0.1) is 13.1 Å². The van der Waals surface area contributed by atoms with Gasteiger partial charge in [0, 0.05) is 29.7 Å². The summed E-state index contributed by atoms with van der Waals surface area (Å²) in [6, 6.07) is 64.9. The fraction of sp³-hybridized carbons (Fsp3) is 0.170. The second kappa shape index (κ2) is 18.5. The van der Waals surface area contributed by atoms with Crippen LogP contribution in [0.3, 0.4) is 0 Å². The molecule has 0 heterocycles. The number of benzene rings is 6. The molecule has 0 fully saturated rings. The van der Waals surface area contributed by atoms with E-state index in [2.05, 4.69) is 201 Å². The summed E-state index contributed by atoms with van der Waals surface area (Å²) in [7, 11) is 0. The van der Waals surface area contributed by atoms with Crippen molar-refractivity contribution in [1.29, 1.82) is 0 Å². The van der Waals surface area contributed by atoms with Gasteiger partial charge in [-0.15, -0.1) is 0 Å². The van der Waals surface area contributed by atoms with Gasteiger partial charge in [-0.1, -0.05) is 189 Å². The molecule has 0 radical (unpaired) electrons. The topological polar surface area (TPSA) is 29.1 Å². The summed E-state index contributed by atoms with van der Waals surface area (Å²) in [5, 5.41) is 2.96. The first-order chi connectivity index (χ1) is 25.0. The average Bonchev–Trinajstić information content (AvgIpc) is 3.19. The number of carbonyl (C=O) groups excluding carboxylic acids is 1. The van der Waals surface area contributed by atoms with Gasteiger partial charge in [-0.25, -0.2) is 0 Å². The summed E-state index contributed by atoms with van der Waals surface area (Å²) in [6.45, 7) is 12.5. The SMILES string of the molecule is C=C(C)C(=O)NCCC[N+](CC)(Cc1ccccc1)Cc1ccccc1.c1ccc([B-](c2ccccc2)(c2ccccc2)c2ccccc2)cc1. The largest absolute Gasteiger partial charge is 0.352 e. The molecule has 0 saturated carbocycles. The Balaban J connectivity index is 0.000000198. The van der Waals surface area contributed by atoms with E-state index in [4.69, 9.17) is 0 Å². The third kappa shape index (κ3) is 9.63. The molecule has 258 valence electrons. The molecule has 1 amide bonds. The minimum Gasteiger partial charge on any atom is -0.352 e. The summed E-state index contributed by atoms with van der Waals surface area (Å²) in [6.07, 6.45) is -0.265. The van der Waals surface area contributed by atoms with Crippen LogP contribution in [0.2, 0.25) is 0 Å². The van der Waals surface area contributed by atoms with Crippen molar-refractivity contribution in [2.45, 2.75) is 33.4 Å². The summed E-state index contributed by atoms with van der Waals surface area (Å²) in [5.41, 5.74) is 8.64. The van der Waals surface area contributed by atoms with Crippen molar-refractivity contribution in [2.75, 3.05) is 19.6 Å². The molecule has 6 aromatic rings. The van der Waals surface area contributed by atoms with Gasteiger partial charge in [0.1, 0.15) is 19.2 Å². The molecule has 0 unspecified atom stereocenters. The van der Waals surface area contributed by atoms with E-state index in [9.17, 15) is 4.79 Å². The zero-order valence-electron chi connectivity index (χ0n) is 30.2. The van der Waals surface area contributed by atoms with Crippen LogP contribution in [0.1, 0.15) is 31.4 Å². The number of carbonyl (C=O) groups is 1. The van der Waals surface area contributed by atoms with Crippen LogP contribution < -0.4 is 27.2 Å². The molecular formula is C47H51BN2O. The predicted octanol–water partition coefficient (Wildman–Crippen LogP) is 7.37. The predicted molar refractivity (Wildman–Crippen MR) is 218 cm³/mol. The summed E-state index contributed by atoms with van der Waals surface area (Å²) in [4.78, 5) is 11.7. The molecule has 0 aromatic heterocycles. The molecule has 0 aliphatic rings. The van der Waals surface area contributed by atoms with Gasteiger partial charge in [-0.05, 0) is 13.8 Å². The van der Waals surface area contributed by atoms with Gasteiger partial charge in [0.15, 0.2) is 0 Å². The summed E-state index contributed by atoms with van der Waals surface area (Å²) < 4.78 is 0.983. The quantitative estimate of drug-likeness (QED) is 0.0558. The minimum atomic E-state index is -1.22. The van der Waals surface area contributed by atoms with Gasteiger partial charge in [-0.3, -0.25) is 4.79 Å². The van der Waals surface area contributed by atoms with Crippen LogP contribution in [0.4, 0.5) is 0 Å². The first kappa shape index (κ1) is 36.8. The molecule has 1 N–H and O–H groups in total. The van der Waals surface area contributed by atoms with Crippen LogP contribution in [0.15, 0.2) is 194 Å². The summed E-state index contributed by atoms with van der Waals surface area (Å²) in [5.74, 6) is -0.0503. The number of amides is 1. The maximum atomic E-state index is 11.7. The first-order valence-electron chi connectivity index (χ1n) is 18.2. The van der Waals surface area contributed by atoms with Gasteiger partial charge >= 0.3 is 0 Å². The number of quaternary nitrogens is 1. The molecule has 0 spiro atoms. The smallest absolute Gasteiger partial charge is 0.246 e. The van der Waals surface area contributed by atoms with Crippen molar-refractivity contribution in [3.8, 4) is 0 Å². The highest BCUT2D eigenvalue weighted by Gasteiger charge is 2.31. The van der Waals surface area contributed by atoms with E-state index in [1.807, 2.05) is 0 Å². The van der Waals surface area contributed by atoms with Gasteiger partial charge in [0.25, 0.3) is 0 Å². The fourth-order valence-electron chi connectivity index (χ4n) is 7.43. The second-order valence-electron chi connectivity index (χ2n) is 13.6. The Hall–Kier alpha value is -5.45. The van der Waals surface area contributed by atoms with Gasteiger partial charge < -0.3 is 9.80 Å². The van der Waals surface area contributed by atoms with Crippen molar-refractivity contribution in [1.82, 2.24) is 5.32 Å². The van der Waals surface area contributed by atoms with Crippen molar-refractivity contribution < 1.29 is 9.28 Å². The van der Waals surface area contributed by atoms with Gasteiger partial charge in [0.2, 0.25) is 5.91 Å². The van der Waals surface area contributed by atoms with Crippen LogP contribution in [0.5, 0.6) is 0 Å².